The van der Waals surface area contributed by atoms with Crippen LogP contribution in [0.4, 0.5) is 4.39 Å². The van der Waals surface area contributed by atoms with Crippen LogP contribution in [0.25, 0.3) is 11.5 Å². The number of hydrogen-bond donors (Lipinski definition) is 1. The average Bonchev–Trinajstić information content (AvgIpc) is 3.07. The zero-order valence-electron chi connectivity index (χ0n) is 11.5. The van der Waals surface area contributed by atoms with Gasteiger partial charge in [-0.1, -0.05) is 30.3 Å². The van der Waals surface area contributed by atoms with Gasteiger partial charge in [-0.3, -0.25) is 0 Å². The molecule has 1 heterocycles. The number of aliphatic hydroxyl groups is 1. The summed E-state index contributed by atoms with van der Waals surface area (Å²) in [4.78, 5) is 0. The van der Waals surface area contributed by atoms with Gasteiger partial charge in [0, 0.05) is 5.56 Å². The lowest BCUT2D eigenvalue weighted by Gasteiger charge is -2.14. The molecular weight excluding hydrogens is 287 g/mol. The minimum Gasteiger partial charge on any atom is -0.490 e. The lowest BCUT2D eigenvalue weighted by atomic mass is 10.1. The van der Waals surface area contributed by atoms with Crippen LogP contribution in [0.2, 0.25) is 0 Å². The van der Waals surface area contributed by atoms with Crippen LogP contribution in [-0.2, 0) is 0 Å². The highest BCUT2D eigenvalue weighted by Crippen LogP contribution is 2.29. The minimum absolute atomic E-state index is 0.0912. The molecule has 1 N–H and O–H groups in total. The van der Waals surface area contributed by atoms with Crippen LogP contribution in [0.1, 0.15) is 11.7 Å². The quantitative estimate of drug-likeness (QED) is 0.784. The van der Waals surface area contributed by atoms with E-state index in [2.05, 4.69) is 10.2 Å². The van der Waals surface area contributed by atoms with Gasteiger partial charge in [-0.05, 0) is 18.2 Å². The van der Waals surface area contributed by atoms with E-state index in [1.54, 1.807) is 36.4 Å². The van der Waals surface area contributed by atoms with Crippen LogP contribution >= 0.6 is 0 Å². The lowest BCUT2D eigenvalue weighted by Crippen LogP contribution is -2.11. The van der Waals surface area contributed by atoms with Gasteiger partial charge in [-0.15, -0.1) is 10.2 Å². The van der Waals surface area contributed by atoms with Gasteiger partial charge in [0.15, 0.2) is 0 Å². The summed E-state index contributed by atoms with van der Waals surface area (Å²) in [5.41, 5.74) is 0.804. The van der Waals surface area contributed by atoms with E-state index in [-0.39, 0.29) is 12.2 Å². The molecule has 0 aliphatic rings. The number of halogens is 1. The maximum atomic E-state index is 13.6. The predicted molar refractivity (Wildman–Crippen MR) is 76.6 cm³/mol. The average molecular weight is 300 g/mol. The van der Waals surface area contributed by atoms with E-state index in [0.717, 1.165) is 0 Å². The lowest BCUT2D eigenvalue weighted by molar-refractivity contribution is 0.105. The van der Waals surface area contributed by atoms with E-state index in [4.69, 9.17) is 9.15 Å². The highest BCUT2D eigenvalue weighted by atomic mass is 19.1. The molecule has 0 bridgehead atoms. The van der Waals surface area contributed by atoms with Gasteiger partial charge in [0.2, 0.25) is 6.39 Å². The van der Waals surface area contributed by atoms with Gasteiger partial charge in [0.05, 0.1) is 5.56 Å². The van der Waals surface area contributed by atoms with E-state index in [9.17, 15) is 9.50 Å². The topological polar surface area (TPSA) is 68.4 Å². The second-order valence-corrected chi connectivity index (χ2v) is 4.59. The Labute approximate surface area is 126 Å². The van der Waals surface area contributed by atoms with Crippen molar-refractivity contribution in [3.63, 3.8) is 0 Å². The van der Waals surface area contributed by atoms with E-state index in [1.165, 1.54) is 18.5 Å². The maximum Gasteiger partial charge on any atom is 0.251 e. The molecule has 0 fully saturated rings. The van der Waals surface area contributed by atoms with Crippen molar-refractivity contribution >= 4 is 0 Å². The van der Waals surface area contributed by atoms with Crippen molar-refractivity contribution in [2.24, 2.45) is 0 Å². The number of rotatable bonds is 5. The number of ether oxygens (including phenoxy) is 1. The van der Waals surface area contributed by atoms with Crippen LogP contribution in [0.5, 0.6) is 5.75 Å². The van der Waals surface area contributed by atoms with Crippen LogP contribution in [0.15, 0.2) is 59.3 Å². The van der Waals surface area contributed by atoms with Crippen molar-refractivity contribution in [2.75, 3.05) is 6.61 Å². The first-order valence-corrected chi connectivity index (χ1v) is 6.66. The molecule has 112 valence electrons. The Morgan fingerprint density at radius 2 is 1.91 bits per heavy atom. The third kappa shape index (κ3) is 2.96. The van der Waals surface area contributed by atoms with Crippen LogP contribution in [0.3, 0.4) is 0 Å². The SMILES string of the molecule is O[C@@H](COc1ccccc1-c1nnco1)c1ccccc1F. The third-order valence-corrected chi connectivity index (χ3v) is 3.14. The van der Waals surface area contributed by atoms with Crippen molar-refractivity contribution in [3.8, 4) is 17.2 Å². The fraction of sp³-hybridized carbons (Fsp3) is 0.125. The molecule has 3 rings (SSSR count). The van der Waals surface area contributed by atoms with Crippen molar-refractivity contribution in [3.05, 3.63) is 66.3 Å². The van der Waals surface area contributed by atoms with Gasteiger partial charge in [0.25, 0.3) is 5.89 Å². The first-order chi connectivity index (χ1) is 10.8. The first kappa shape index (κ1) is 14.2. The van der Waals surface area contributed by atoms with Crippen molar-refractivity contribution in [1.29, 1.82) is 0 Å². The normalized spacial score (nSPS) is 12.1. The number of nitrogens with zero attached hydrogens (tertiary/aromatic N) is 2. The molecule has 0 radical (unpaired) electrons. The van der Waals surface area contributed by atoms with Crippen LogP contribution in [0, 0.1) is 5.82 Å². The largest absolute Gasteiger partial charge is 0.490 e. The second kappa shape index (κ2) is 6.36. The summed E-state index contributed by atoms with van der Waals surface area (Å²) >= 11 is 0. The van der Waals surface area contributed by atoms with Crippen molar-refractivity contribution in [2.45, 2.75) is 6.10 Å². The molecule has 0 saturated carbocycles. The van der Waals surface area contributed by atoms with E-state index in [1.807, 2.05) is 0 Å². The smallest absolute Gasteiger partial charge is 0.251 e. The molecule has 1 aromatic heterocycles. The fourth-order valence-electron chi connectivity index (χ4n) is 2.06. The minimum atomic E-state index is -1.07. The standard InChI is InChI=1S/C16H13FN2O3/c17-13-7-3-1-5-11(13)14(20)9-21-15-8-4-2-6-12(15)16-19-18-10-22-16/h1-8,10,14,20H,9H2/t14-/m0/s1. The van der Waals surface area contributed by atoms with E-state index < -0.39 is 11.9 Å². The number of aromatic nitrogens is 2. The fourth-order valence-corrected chi connectivity index (χ4v) is 2.06. The molecular formula is C16H13FN2O3. The Balaban J connectivity index is 1.76. The zero-order valence-corrected chi connectivity index (χ0v) is 11.5. The highest BCUT2D eigenvalue weighted by molar-refractivity contribution is 5.62. The second-order valence-electron chi connectivity index (χ2n) is 4.59. The molecule has 0 amide bonds. The Hall–Kier alpha value is -2.73. The van der Waals surface area contributed by atoms with Crippen LogP contribution < -0.4 is 4.74 Å². The monoisotopic (exact) mass is 300 g/mol. The Bertz CT molecular complexity index is 747. The molecule has 0 aliphatic heterocycles. The molecule has 22 heavy (non-hydrogen) atoms. The molecule has 0 aliphatic carbocycles. The molecule has 1 atom stereocenters. The molecule has 6 heteroatoms. The summed E-state index contributed by atoms with van der Waals surface area (Å²) < 4.78 is 24.4. The maximum absolute atomic E-state index is 13.6. The molecule has 0 unspecified atom stereocenters. The molecule has 2 aromatic carbocycles. The van der Waals surface area contributed by atoms with Gasteiger partial charge >= 0.3 is 0 Å². The Morgan fingerprint density at radius 3 is 2.68 bits per heavy atom. The molecule has 3 aromatic rings. The Morgan fingerprint density at radius 1 is 1.14 bits per heavy atom. The number of hydrogen-bond acceptors (Lipinski definition) is 5. The molecule has 0 saturated heterocycles. The van der Waals surface area contributed by atoms with E-state index in [0.29, 0.717) is 17.2 Å². The molecule has 0 spiro atoms. The summed E-state index contributed by atoms with van der Waals surface area (Å²) in [6.45, 7) is -0.0912. The van der Waals surface area contributed by atoms with Gasteiger partial charge in [0.1, 0.15) is 24.3 Å². The van der Waals surface area contributed by atoms with Gasteiger partial charge < -0.3 is 14.3 Å². The van der Waals surface area contributed by atoms with Gasteiger partial charge in [-0.25, -0.2) is 4.39 Å². The number of aliphatic hydroxyl groups excluding tert-OH is 1. The summed E-state index contributed by atoms with van der Waals surface area (Å²) in [6, 6.07) is 13.1. The third-order valence-electron chi connectivity index (χ3n) is 3.14. The highest BCUT2D eigenvalue weighted by Gasteiger charge is 2.15. The number of para-hydroxylation sites is 1. The van der Waals surface area contributed by atoms with Crippen LogP contribution in [-0.4, -0.2) is 21.9 Å². The van der Waals surface area contributed by atoms with Crippen molar-refractivity contribution < 1.29 is 18.7 Å². The van der Waals surface area contributed by atoms with Gasteiger partial charge in [-0.2, -0.15) is 0 Å². The predicted octanol–water partition coefficient (Wildman–Crippen LogP) is 2.99. The van der Waals surface area contributed by atoms with Crippen molar-refractivity contribution in [1.82, 2.24) is 10.2 Å². The zero-order chi connectivity index (χ0) is 15.4. The molecule has 5 nitrogen and oxygen atoms in total. The first-order valence-electron chi connectivity index (χ1n) is 6.66. The summed E-state index contributed by atoms with van der Waals surface area (Å²) in [6.07, 6.45) is 0.150. The Kier molecular flexibility index (Phi) is 4.11. The van der Waals surface area contributed by atoms with E-state index >= 15 is 0 Å². The summed E-state index contributed by atoms with van der Waals surface area (Å²) in [7, 11) is 0. The summed E-state index contributed by atoms with van der Waals surface area (Å²) in [5.74, 6) is 0.321. The summed E-state index contributed by atoms with van der Waals surface area (Å²) in [5, 5.41) is 17.5. The number of benzene rings is 2.